The fourth-order valence-corrected chi connectivity index (χ4v) is 1.90. The molecule has 1 heterocycles. The molecule has 0 bridgehead atoms. The lowest BCUT2D eigenvalue weighted by Crippen LogP contribution is -2.38. The van der Waals surface area contributed by atoms with Gasteiger partial charge in [-0.1, -0.05) is 12.1 Å². The zero-order valence-electron chi connectivity index (χ0n) is 10.1. The number of hydrogen-bond donors (Lipinski definition) is 2. The van der Waals surface area contributed by atoms with Crippen molar-refractivity contribution in [2.24, 2.45) is 0 Å². The van der Waals surface area contributed by atoms with Gasteiger partial charge in [0, 0.05) is 6.54 Å². The standard InChI is InChI=1S/C13H19NO3/c1-2-17-11-5-3-4-10(6-11)7-14-12-8-16-9-13(12)15/h3-6,12-15H,2,7-9H2,1H3. The molecule has 2 atom stereocenters. The van der Waals surface area contributed by atoms with Crippen molar-refractivity contribution in [2.45, 2.75) is 25.6 Å². The fraction of sp³-hybridized carbons (Fsp3) is 0.538. The Balaban J connectivity index is 1.87. The molecule has 0 aliphatic carbocycles. The summed E-state index contributed by atoms with van der Waals surface area (Å²) in [5, 5.41) is 12.9. The predicted molar refractivity (Wildman–Crippen MR) is 65.1 cm³/mol. The van der Waals surface area contributed by atoms with Gasteiger partial charge in [-0.15, -0.1) is 0 Å². The van der Waals surface area contributed by atoms with Crippen molar-refractivity contribution in [1.29, 1.82) is 0 Å². The largest absolute Gasteiger partial charge is 0.494 e. The van der Waals surface area contributed by atoms with Gasteiger partial charge in [-0.05, 0) is 24.6 Å². The molecule has 1 aliphatic rings. The van der Waals surface area contributed by atoms with Crippen LogP contribution in [0.5, 0.6) is 5.75 Å². The van der Waals surface area contributed by atoms with Crippen molar-refractivity contribution in [1.82, 2.24) is 5.32 Å². The lowest BCUT2D eigenvalue weighted by atomic mass is 10.1. The summed E-state index contributed by atoms with van der Waals surface area (Å²) in [4.78, 5) is 0. The van der Waals surface area contributed by atoms with E-state index < -0.39 is 6.10 Å². The van der Waals surface area contributed by atoms with E-state index in [1.807, 2.05) is 31.2 Å². The van der Waals surface area contributed by atoms with E-state index in [4.69, 9.17) is 9.47 Å². The molecule has 17 heavy (non-hydrogen) atoms. The van der Waals surface area contributed by atoms with Crippen molar-refractivity contribution >= 4 is 0 Å². The van der Waals surface area contributed by atoms with E-state index in [0.29, 0.717) is 26.4 Å². The van der Waals surface area contributed by atoms with E-state index in [2.05, 4.69) is 5.32 Å². The minimum absolute atomic E-state index is 0.0331. The minimum atomic E-state index is -0.398. The van der Waals surface area contributed by atoms with Crippen LogP contribution in [0.15, 0.2) is 24.3 Å². The molecule has 2 rings (SSSR count). The van der Waals surface area contributed by atoms with Crippen molar-refractivity contribution in [3.05, 3.63) is 29.8 Å². The van der Waals surface area contributed by atoms with Crippen LogP contribution in [0.1, 0.15) is 12.5 Å². The molecule has 4 nitrogen and oxygen atoms in total. The van der Waals surface area contributed by atoms with Crippen LogP contribution in [0.25, 0.3) is 0 Å². The molecule has 4 heteroatoms. The molecular formula is C13H19NO3. The van der Waals surface area contributed by atoms with E-state index in [-0.39, 0.29) is 6.04 Å². The molecule has 0 spiro atoms. The van der Waals surface area contributed by atoms with E-state index in [1.165, 1.54) is 0 Å². The lowest BCUT2D eigenvalue weighted by Gasteiger charge is -2.14. The third-order valence-corrected chi connectivity index (χ3v) is 2.83. The first-order valence-electron chi connectivity index (χ1n) is 6.00. The summed E-state index contributed by atoms with van der Waals surface area (Å²) in [5.74, 6) is 0.884. The normalized spacial score (nSPS) is 23.9. The predicted octanol–water partition coefficient (Wildman–Crippen LogP) is 0.935. The maximum absolute atomic E-state index is 9.59. The van der Waals surface area contributed by atoms with Gasteiger partial charge in [0.2, 0.25) is 0 Å². The molecule has 1 saturated heterocycles. The first-order valence-corrected chi connectivity index (χ1v) is 6.00. The Bertz CT molecular complexity index is 356. The smallest absolute Gasteiger partial charge is 0.119 e. The molecule has 0 saturated carbocycles. The Morgan fingerprint density at radius 3 is 3.06 bits per heavy atom. The Morgan fingerprint density at radius 1 is 1.47 bits per heavy atom. The van der Waals surface area contributed by atoms with Gasteiger partial charge in [-0.25, -0.2) is 0 Å². The van der Waals surface area contributed by atoms with Gasteiger partial charge in [-0.3, -0.25) is 0 Å². The average Bonchev–Trinajstić information content (AvgIpc) is 2.73. The zero-order valence-corrected chi connectivity index (χ0v) is 10.1. The summed E-state index contributed by atoms with van der Waals surface area (Å²) in [5.41, 5.74) is 1.15. The van der Waals surface area contributed by atoms with Gasteiger partial charge < -0.3 is 19.9 Å². The molecule has 0 amide bonds. The van der Waals surface area contributed by atoms with Crippen LogP contribution in [0.4, 0.5) is 0 Å². The third kappa shape index (κ3) is 3.43. The zero-order chi connectivity index (χ0) is 12.1. The van der Waals surface area contributed by atoms with E-state index in [9.17, 15) is 5.11 Å². The topological polar surface area (TPSA) is 50.7 Å². The molecule has 2 unspecified atom stereocenters. The van der Waals surface area contributed by atoms with Crippen LogP contribution in [0, 0.1) is 0 Å². The molecule has 94 valence electrons. The second kappa shape index (κ2) is 6.00. The third-order valence-electron chi connectivity index (χ3n) is 2.83. The van der Waals surface area contributed by atoms with Gasteiger partial charge in [0.25, 0.3) is 0 Å². The summed E-state index contributed by atoms with van der Waals surface area (Å²) in [6, 6.07) is 8.01. The summed E-state index contributed by atoms with van der Waals surface area (Å²) in [6.45, 7) is 4.36. The van der Waals surface area contributed by atoms with E-state index in [0.717, 1.165) is 11.3 Å². The average molecular weight is 237 g/mol. The first kappa shape index (κ1) is 12.4. The van der Waals surface area contributed by atoms with Gasteiger partial charge >= 0.3 is 0 Å². The summed E-state index contributed by atoms with van der Waals surface area (Å²) >= 11 is 0. The molecule has 1 aromatic rings. The number of hydrogen-bond acceptors (Lipinski definition) is 4. The number of benzene rings is 1. The maximum atomic E-state index is 9.59. The quantitative estimate of drug-likeness (QED) is 0.800. The highest BCUT2D eigenvalue weighted by atomic mass is 16.5. The van der Waals surface area contributed by atoms with Gasteiger partial charge in [0.1, 0.15) is 5.75 Å². The van der Waals surface area contributed by atoms with Crippen LogP contribution >= 0.6 is 0 Å². The SMILES string of the molecule is CCOc1cccc(CNC2COCC2O)c1. The first-order chi connectivity index (χ1) is 8.29. The van der Waals surface area contributed by atoms with Crippen LogP contribution in [-0.2, 0) is 11.3 Å². The van der Waals surface area contributed by atoms with E-state index in [1.54, 1.807) is 0 Å². The molecule has 1 aliphatic heterocycles. The molecule has 1 fully saturated rings. The summed E-state index contributed by atoms with van der Waals surface area (Å²) in [7, 11) is 0. The second-order valence-electron chi connectivity index (χ2n) is 4.17. The number of nitrogens with one attached hydrogen (secondary N) is 1. The molecule has 2 N–H and O–H groups in total. The fourth-order valence-electron chi connectivity index (χ4n) is 1.90. The molecule has 1 aromatic carbocycles. The lowest BCUT2D eigenvalue weighted by molar-refractivity contribution is 0.122. The summed E-state index contributed by atoms with van der Waals surface area (Å²) in [6.07, 6.45) is -0.398. The van der Waals surface area contributed by atoms with Crippen molar-refractivity contribution in [3.63, 3.8) is 0 Å². The van der Waals surface area contributed by atoms with Crippen LogP contribution in [0.2, 0.25) is 0 Å². The van der Waals surface area contributed by atoms with Crippen molar-refractivity contribution in [2.75, 3.05) is 19.8 Å². The molecule has 0 radical (unpaired) electrons. The Labute approximate surface area is 102 Å². The number of aliphatic hydroxyl groups is 1. The Morgan fingerprint density at radius 2 is 2.35 bits per heavy atom. The number of ether oxygens (including phenoxy) is 2. The van der Waals surface area contributed by atoms with Crippen LogP contribution < -0.4 is 10.1 Å². The van der Waals surface area contributed by atoms with Crippen LogP contribution in [-0.4, -0.2) is 37.1 Å². The second-order valence-corrected chi connectivity index (χ2v) is 4.17. The summed E-state index contributed by atoms with van der Waals surface area (Å²) < 4.78 is 10.6. The van der Waals surface area contributed by atoms with E-state index >= 15 is 0 Å². The Kier molecular flexibility index (Phi) is 4.36. The Hall–Kier alpha value is -1.10. The van der Waals surface area contributed by atoms with Crippen LogP contribution in [0.3, 0.4) is 0 Å². The number of aliphatic hydroxyl groups excluding tert-OH is 1. The highest BCUT2D eigenvalue weighted by molar-refractivity contribution is 5.28. The van der Waals surface area contributed by atoms with Gasteiger partial charge in [0.05, 0.1) is 32.0 Å². The minimum Gasteiger partial charge on any atom is -0.494 e. The highest BCUT2D eigenvalue weighted by Crippen LogP contribution is 2.14. The monoisotopic (exact) mass is 237 g/mol. The highest BCUT2D eigenvalue weighted by Gasteiger charge is 2.25. The number of rotatable bonds is 5. The van der Waals surface area contributed by atoms with Gasteiger partial charge in [-0.2, -0.15) is 0 Å². The van der Waals surface area contributed by atoms with Crippen molar-refractivity contribution in [3.8, 4) is 5.75 Å². The maximum Gasteiger partial charge on any atom is 0.119 e. The van der Waals surface area contributed by atoms with Gasteiger partial charge in [0.15, 0.2) is 0 Å². The molecule has 0 aromatic heterocycles. The molecular weight excluding hydrogens is 218 g/mol. The van der Waals surface area contributed by atoms with Crippen molar-refractivity contribution < 1.29 is 14.6 Å².